The summed E-state index contributed by atoms with van der Waals surface area (Å²) in [6, 6.07) is 12.7. The maximum atomic E-state index is 12.7. The third-order valence-corrected chi connectivity index (χ3v) is 8.30. The molecule has 3 aliphatic heterocycles. The quantitative estimate of drug-likeness (QED) is 0.412. The molecule has 1 amide bonds. The van der Waals surface area contributed by atoms with Gasteiger partial charge in [0.25, 0.3) is 0 Å². The average Bonchev–Trinajstić information content (AvgIpc) is 3.73. The van der Waals surface area contributed by atoms with Gasteiger partial charge in [-0.25, -0.2) is 14.3 Å². The number of carboxylic acids is 2. The molecule has 0 radical (unpaired) electrons. The second-order valence-electron chi connectivity index (χ2n) is 10.2. The van der Waals surface area contributed by atoms with Crippen LogP contribution >= 0.6 is 0 Å². The van der Waals surface area contributed by atoms with Crippen molar-refractivity contribution in [3.63, 3.8) is 0 Å². The topological polar surface area (TPSA) is 148 Å². The number of hydrogen-bond acceptors (Lipinski definition) is 8. The third kappa shape index (κ3) is 10.1. The normalized spacial score (nSPS) is 22.2. The first-order chi connectivity index (χ1) is 21.0. The molecule has 3 saturated heterocycles. The Morgan fingerprint density at radius 1 is 0.933 bits per heavy atom. The number of nitrogens with one attached hydrogen (secondary N) is 1. The van der Waals surface area contributed by atoms with Crippen molar-refractivity contribution in [1.82, 2.24) is 24.9 Å². The molecule has 5 rings (SSSR count). The first kappa shape index (κ1) is 35.8. The van der Waals surface area contributed by atoms with Crippen LogP contribution in [0.4, 0.5) is 32.2 Å². The number of carboxylic acid groups (broad SMARTS) is 2. The van der Waals surface area contributed by atoms with Gasteiger partial charge in [-0.2, -0.15) is 31.4 Å². The number of aromatic nitrogens is 2. The molecular formula is C26H32F6N6O6S. The number of alkyl halides is 6. The minimum Gasteiger partial charge on any atom is -0.475 e. The van der Waals surface area contributed by atoms with Gasteiger partial charge in [-0.05, 0) is 25.5 Å². The molecule has 3 N–H and O–H groups in total. The van der Waals surface area contributed by atoms with Crippen LogP contribution in [-0.4, -0.2) is 127 Å². The number of hydrogen-bond donors (Lipinski definition) is 3. The van der Waals surface area contributed by atoms with Gasteiger partial charge in [-0.15, -0.1) is 0 Å². The molecule has 0 spiro atoms. The molecule has 12 nitrogen and oxygen atoms in total. The zero-order chi connectivity index (χ0) is 33.5. The Morgan fingerprint density at radius 3 is 1.98 bits per heavy atom. The second kappa shape index (κ2) is 15.0. The summed E-state index contributed by atoms with van der Waals surface area (Å²) < 4.78 is 77.1. The Hall–Kier alpha value is -3.71. The highest BCUT2D eigenvalue weighted by Gasteiger charge is 2.39. The lowest BCUT2D eigenvalue weighted by molar-refractivity contribution is -0.193. The fourth-order valence-electron chi connectivity index (χ4n) is 4.88. The van der Waals surface area contributed by atoms with E-state index in [2.05, 4.69) is 33.3 Å². The lowest BCUT2D eigenvalue weighted by Crippen LogP contribution is -2.51. The molecule has 3 aliphatic rings. The lowest BCUT2D eigenvalue weighted by atomic mass is 10.1. The van der Waals surface area contributed by atoms with Crippen molar-refractivity contribution >= 4 is 34.5 Å². The molecule has 19 heteroatoms. The number of para-hydroxylation sites is 1. The van der Waals surface area contributed by atoms with Crippen molar-refractivity contribution in [2.24, 2.45) is 0 Å². The minimum atomic E-state index is -5.08. The summed E-state index contributed by atoms with van der Waals surface area (Å²) in [7, 11) is -0.869. The maximum absolute atomic E-state index is 12.7. The van der Waals surface area contributed by atoms with Crippen LogP contribution < -0.4 is 10.2 Å². The van der Waals surface area contributed by atoms with Crippen molar-refractivity contribution in [1.29, 1.82) is 0 Å². The second-order valence-corrected chi connectivity index (χ2v) is 11.8. The predicted molar refractivity (Wildman–Crippen MR) is 149 cm³/mol. The maximum Gasteiger partial charge on any atom is 0.490 e. The largest absolute Gasteiger partial charge is 0.490 e. The zero-order valence-electron chi connectivity index (χ0n) is 23.9. The highest BCUT2D eigenvalue weighted by molar-refractivity contribution is 7.85. The Bertz CT molecular complexity index is 1330. The Balaban J connectivity index is 0.000000331. The van der Waals surface area contributed by atoms with Crippen molar-refractivity contribution in [3.8, 4) is 5.69 Å². The van der Waals surface area contributed by atoms with Gasteiger partial charge < -0.3 is 25.3 Å². The number of rotatable bonds is 4. The number of aliphatic carboxylic acids is 2. The van der Waals surface area contributed by atoms with Gasteiger partial charge in [0.15, 0.2) is 0 Å². The molecule has 1 aromatic carbocycles. The van der Waals surface area contributed by atoms with E-state index in [1.165, 1.54) is 0 Å². The number of halogens is 6. The molecule has 3 fully saturated rings. The number of carbonyl (C=O) groups excluding carboxylic acids is 1. The van der Waals surface area contributed by atoms with Crippen LogP contribution in [0.3, 0.4) is 0 Å². The summed E-state index contributed by atoms with van der Waals surface area (Å²) in [5.74, 6) is -3.24. The monoisotopic (exact) mass is 670 g/mol. The van der Waals surface area contributed by atoms with Crippen LogP contribution in [0.15, 0.2) is 36.4 Å². The van der Waals surface area contributed by atoms with Crippen molar-refractivity contribution < 1.29 is 55.1 Å². The zero-order valence-corrected chi connectivity index (χ0v) is 24.7. The number of benzene rings is 1. The molecule has 0 saturated carbocycles. The van der Waals surface area contributed by atoms with Crippen LogP contribution in [0.1, 0.15) is 12.1 Å². The van der Waals surface area contributed by atoms with Gasteiger partial charge in [-0.1, -0.05) is 18.2 Å². The minimum absolute atomic E-state index is 0.120. The summed E-state index contributed by atoms with van der Waals surface area (Å²) in [4.78, 5) is 37.2. The lowest BCUT2D eigenvalue weighted by Gasteiger charge is -2.38. The van der Waals surface area contributed by atoms with Crippen molar-refractivity contribution in [3.05, 3.63) is 42.1 Å². The third-order valence-electron chi connectivity index (χ3n) is 7.06. The van der Waals surface area contributed by atoms with Crippen LogP contribution in [0.2, 0.25) is 0 Å². The molecule has 2 aromatic rings. The Morgan fingerprint density at radius 2 is 1.49 bits per heavy atom. The fourth-order valence-corrected chi connectivity index (χ4v) is 6.04. The van der Waals surface area contributed by atoms with Crippen LogP contribution in [0, 0.1) is 6.92 Å². The van der Waals surface area contributed by atoms with Crippen LogP contribution in [0.25, 0.3) is 5.69 Å². The van der Waals surface area contributed by atoms with E-state index in [1.807, 2.05) is 29.8 Å². The molecule has 0 aliphatic carbocycles. The summed E-state index contributed by atoms with van der Waals surface area (Å²) in [5, 5.41) is 22.4. The number of aryl methyl sites for hydroxylation is 1. The molecule has 3 atom stereocenters. The molecule has 1 unspecified atom stereocenters. The molecule has 4 heterocycles. The van der Waals surface area contributed by atoms with E-state index in [4.69, 9.17) is 24.9 Å². The van der Waals surface area contributed by atoms with Gasteiger partial charge in [0.05, 0.1) is 23.3 Å². The predicted octanol–water partition coefficient (Wildman–Crippen LogP) is 1.85. The van der Waals surface area contributed by atoms with E-state index in [0.717, 1.165) is 56.3 Å². The average molecular weight is 671 g/mol. The summed E-state index contributed by atoms with van der Waals surface area (Å²) in [6.45, 7) is 7.34. The first-order valence-corrected chi connectivity index (χ1v) is 15.0. The molecule has 250 valence electrons. The highest BCUT2D eigenvalue weighted by atomic mass is 32.2. The van der Waals surface area contributed by atoms with Crippen LogP contribution in [-0.2, 0) is 25.2 Å². The van der Waals surface area contributed by atoms with Gasteiger partial charge in [0, 0.05) is 67.9 Å². The van der Waals surface area contributed by atoms with E-state index in [9.17, 15) is 35.3 Å². The summed E-state index contributed by atoms with van der Waals surface area (Å²) >= 11 is 0. The number of carbonyl (C=O) groups is 3. The van der Waals surface area contributed by atoms with E-state index in [1.54, 1.807) is 4.90 Å². The number of anilines is 1. The molecule has 45 heavy (non-hydrogen) atoms. The van der Waals surface area contributed by atoms with Crippen molar-refractivity contribution in [2.45, 2.75) is 37.8 Å². The van der Waals surface area contributed by atoms with Crippen molar-refractivity contribution in [2.75, 3.05) is 55.8 Å². The molecular weight excluding hydrogens is 638 g/mol. The van der Waals surface area contributed by atoms with Gasteiger partial charge in [0.1, 0.15) is 5.82 Å². The standard InChI is InChI=1S/C22H30N6O2S.2C2HF3O2/c1-17-13-21(28(24-17)18-5-3-2-4-6-18)26-9-7-25(8-10-26)19-14-20(23-15-19)22(29)27-11-12-31(30)16-27;2*3-2(4,5)1(6)7/h2-6,13,19-20,23H,7-12,14-16H2,1H3;2*(H,6,7)/t19-,20-,31?;;/m0../s1. The van der Waals surface area contributed by atoms with Gasteiger partial charge in [0.2, 0.25) is 5.91 Å². The van der Waals surface area contributed by atoms with E-state index < -0.39 is 35.1 Å². The van der Waals surface area contributed by atoms with Gasteiger partial charge in [-0.3, -0.25) is 13.9 Å². The van der Waals surface area contributed by atoms with E-state index in [-0.39, 0.29) is 11.9 Å². The SMILES string of the molecule is Cc1cc(N2CCN([C@@H]3CN[C@H](C(=O)N4CCS(=O)C4)C3)CC2)n(-c2ccccc2)n1.O=C(O)C(F)(F)F.O=C(O)C(F)(F)F. The molecule has 1 aromatic heterocycles. The Labute approximate surface area is 256 Å². The number of piperazine rings is 1. The highest BCUT2D eigenvalue weighted by Crippen LogP contribution is 2.25. The van der Waals surface area contributed by atoms with E-state index >= 15 is 0 Å². The van der Waals surface area contributed by atoms with Gasteiger partial charge >= 0.3 is 24.3 Å². The van der Waals surface area contributed by atoms with Crippen LogP contribution in [0.5, 0.6) is 0 Å². The molecule has 0 bridgehead atoms. The number of amides is 1. The smallest absolute Gasteiger partial charge is 0.475 e. The fraction of sp³-hybridized carbons (Fsp3) is 0.538. The summed E-state index contributed by atoms with van der Waals surface area (Å²) in [6.07, 6.45) is -9.33. The number of nitrogens with zero attached hydrogens (tertiary/aromatic N) is 5. The summed E-state index contributed by atoms with van der Waals surface area (Å²) in [5.41, 5.74) is 2.10. The van der Waals surface area contributed by atoms with E-state index in [0.29, 0.717) is 24.2 Å². The first-order valence-electron chi connectivity index (χ1n) is 13.6. The Kier molecular flexibility index (Phi) is 12.0.